The van der Waals surface area contributed by atoms with Gasteiger partial charge in [-0.05, 0) is 36.8 Å². The molecule has 50 heavy (non-hydrogen) atoms. The van der Waals surface area contributed by atoms with Gasteiger partial charge in [0.2, 0.25) is 17.7 Å². The average molecular weight is 700 g/mol. The van der Waals surface area contributed by atoms with Crippen molar-refractivity contribution >= 4 is 35.8 Å². The maximum atomic E-state index is 12.2. The lowest BCUT2D eigenvalue weighted by Crippen LogP contribution is -2.51. The van der Waals surface area contributed by atoms with Gasteiger partial charge in [0.1, 0.15) is 18.7 Å². The molecule has 8 N–H and O–H groups in total. The SMILES string of the molecule is Nc1nccc(OCc2ccc(CNC(=O)CCOCCc3cn(CCCC[C@H](NC(=O)N[C@@H](CCC(=O)O)C(=O)O)C(=O)O)nn3)cc2)n1. The fourth-order valence-electron chi connectivity index (χ4n) is 4.41. The monoisotopic (exact) mass is 699 g/mol. The van der Waals surface area contributed by atoms with Crippen LogP contribution in [0.4, 0.5) is 10.7 Å². The predicted molar refractivity (Wildman–Crippen MR) is 173 cm³/mol. The molecule has 19 nitrogen and oxygen atoms in total. The molecule has 0 spiro atoms. The van der Waals surface area contributed by atoms with Crippen LogP contribution in [0.15, 0.2) is 42.7 Å². The maximum Gasteiger partial charge on any atom is 0.326 e. The van der Waals surface area contributed by atoms with E-state index in [9.17, 15) is 29.1 Å². The van der Waals surface area contributed by atoms with E-state index in [0.29, 0.717) is 57.1 Å². The van der Waals surface area contributed by atoms with E-state index in [0.717, 1.165) is 11.1 Å². The molecule has 1 aromatic carbocycles. The summed E-state index contributed by atoms with van der Waals surface area (Å²) in [5.74, 6) is -3.57. The second-order valence-corrected chi connectivity index (χ2v) is 11.0. The van der Waals surface area contributed by atoms with E-state index in [1.165, 1.54) is 6.20 Å². The van der Waals surface area contributed by atoms with Crippen LogP contribution in [0.5, 0.6) is 5.88 Å². The van der Waals surface area contributed by atoms with Crippen LogP contribution in [0.2, 0.25) is 0 Å². The van der Waals surface area contributed by atoms with E-state index >= 15 is 0 Å². The van der Waals surface area contributed by atoms with Gasteiger partial charge in [0, 0.05) is 50.8 Å². The van der Waals surface area contributed by atoms with E-state index in [-0.39, 0.29) is 37.7 Å². The predicted octanol–water partition coefficient (Wildman–Crippen LogP) is 0.736. The summed E-state index contributed by atoms with van der Waals surface area (Å²) in [4.78, 5) is 65.7. The molecule has 3 aromatic rings. The van der Waals surface area contributed by atoms with Crippen molar-refractivity contribution in [2.45, 2.75) is 76.7 Å². The van der Waals surface area contributed by atoms with Crippen molar-refractivity contribution in [1.82, 2.24) is 40.9 Å². The van der Waals surface area contributed by atoms with Gasteiger partial charge in [-0.1, -0.05) is 29.5 Å². The lowest BCUT2D eigenvalue weighted by molar-refractivity contribution is -0.141. The number of hydrogen-bond acceptors (Lipinski definition) is 12. The second kappa shape index (κ2) is 20.5. The van der Waals surface area contributed by atoms with Crippen molar-refractivity contribution in [2.75, 3.05) is 18.9 Å². The van der Waals surface area contributed by atoms with Gasteiger partial charge in [-0.2, -0.15) is 4.98 Å². The first-order valence-corrected chi connectivity index (χ1v) is 15.8. The lowest BCUT2D eigenvalue weighted by Gasteiger charge is -2.18. The van der Waals surface area contributed by atoms with Crippen LogP contribution in [-0.2, 0) is 50.0 Å². The third kappa shape index (κ3) is 14.9. The van der Waals surface area contributed by atoms with Crippen LogP contribution in [0.1, 0.15) is 55.3 Å². The van der Waals surface area contributed by atoms with Gasteiger partial charge in [0.25, 0.3) is 0 Å². The zero-order valence-electron chi connectivity index (χ0n) is 27.2. The number of aryl methyl sites for hydroxylation is 1. The van der Waals surface area contributed by atoms with E-state index in [1.807, 2.05) is 24.3 Å². The number of amides is 3. The molecular weight excluding hydrogens is 658 g/mol. The second-order valence-electron chi connectivity index (χ2n) is 11.0. The van der Waals surface area contributed by atoms with Crippen LogP contribution in [0.3, 0.4) is 0 Å². The Morgan fingerprint density at radius 3 is 2.26 bits per heavy atom. The van der Waals surface area contributed by atoms with Gasteiger partial charge < -0.3 is 46.5 Å². The number of ether oxygens (including phenoxy) is 2. The molecule has 0 saturated carbocycles. The number of nitrogens with two attached hydrogens (primary N) is 1. The van der Waals surface area contributed by atoms with Crippen molar-refractivity contribution < 1.29 is 48.8 Å². The molecule has 0 aliphatic heterocycles. The highest BCUT2D eigenvalue weighted by Crippen LogP contribution is 2.11. The topological polar surface area (TPSA) is 283 Å². The summed E-state index contributed by atoms with van der Waals surface area (Å²) in [5, 5.41) is 42.6. The Morgan fingerprint density at radius 1 is 0.880 bits per heavy atom. The third-order valence-electron chi connectivity index (χ3n) is 7.09. The van der Waals surface area contributed by atoms with E-state index in [1.54, 1.807) is 16.9 Å². The molecular formula is C31H41N9O10. The van der Waals surface area contributed by atoms with Gasteiger partial charge in [-0.3, -0.25) is 14.3 Å². The number of carboxylic acids is 3. The highest BCUT2D eigenvalue weighted by molar-refractivity contribution is 5.86. The molecule has 0 saturated heterocycles. The molecule has 0 unspecified atom stereocenters. The first-order valence-electron chi connectivity index (χ1n) is 15.8. The number of rotatable bonds is 23. The summed E-state index contributed by atoms with van der Waals surface area (Å²) in [6.45, 7) is 1.70. The minimum absolute atomic E-state index is 0.0719. The molecule has 0 aliphatic rings. The van der Waals surface area contributed by atoms with Crippen molar-refractivity contribution in [3.05, 3.63) is 59.5 Å². The smallest absolute Gasteiger partial charge is 0.326 e. The molecule has 0 bridgehead atoms. The van der Waals surface area contributed by atoms with E-state index in [4.69, 9.17) is 25.4 Å². The summed E-state index contributed by atoms with van der Waals surface area (Å²) in [7, 11) is 0. The molecule has 2 atom stereocenters. The van der Waals surface area contributed by atoms with E-state index in [2.05, 4.69) is 36.2 Å². The number of nitrogens with one attached hydrogen (secondary N) is 3. The lowest BCUT2D eigenvalue weighted by atomic mass is 10.1. The summed E-state index contributed by atoms with van der Waals surface area (Å²) in [6.07, 6.45) is 4.10. The maximum absolute atomic E-state index is 12.2. The van der Waals surface area contributed by atoms with Crippen LogP contribution in [0, 0.1) is 0 Å². The minimum Gasteiger partial charge on any atom is -0.481 e. The number of unbranched alkanes of at least 4 members (excludes halogenated alkanes) is 1. The molecule has 2 heterocycles. The van der Waals surface area contributed by atoms with Crippen molar-refractivity contribution in [2.24, 2.45) is 0 Å². The molecule has 2 aromatic heterocycles. The first-order chi connectivity index (χ1) is 24.0. The number of hydrogen-bond donors (Lipinski definition) is 7. The van der Waals surface area contributed by atoms with Crippen molar-refractivity contribution in [3.8, 4) is 5.88 Å². The quantitative estimate of drug-likeness (QED) is 0.0672. The molecule has 3 amide bonds. The Labute approximate surface area is 286 Å². The average Bonchev–Trinajstić information content (AvgIpc) is 3.53. The number of nitrogen functional groups attached to an aromatic ring is 1. The Bertz CT molecular complexity index is 1570. The number of benzene rings is 1. The zero-order valence-corrected chi connectivity index (χ0v) is 27.2. The number of anilines is 1. The summed E-state index contributed by atoms with van der Waals surface area (Å²) >= 11 is 0. The highest BCUT2D eigenvalue weighted by Gasteiger charge is 2.24. The Kier molecular flexibility index (Phi) is 15.8. The Morgan fingerprint density at radius 2 is 1.58 bits per heavy atom. The normalized spacial score (nSPS) is 12.0. The van der Waals surface area contributed by atoms with Crippen molar-refractivity contribution in [3.63, 3.8) is 0 Å². The molecule has 3 rings (SSSR count). The van der Waals surface area contributed by atoms with Gasteiger partial charge in [0.15, 0.2) is 0 Å². The molecule has 19 heteroatoms. The number of aromatic nitrogens is 5. The number of nitrogens with zero attached hydrogens (tertiary/aromatic N) is 5. The standard InChI is InChI=1S/C31H41N9O10/c32-30-33-13-10-26(37-30)50-19-21-6-4-20(5-7-21)17-34-25(41)12-16-49-15-11-22-18-40(39-38-22)14-2-1-3-23(28(44)45)35-31(48)36-24(29(46)47)8-9-27(42)43/h4-7,10,13,18,23-24H,1-3,8-9,11-12,14-17,19H2,(H,34,41)(H,42,43)(H,44,45)(H,46,47)(H2,32,33,37)(H2,35,36,48)/t23-,24-/m0/s1. The van der Waals surface area contributed by atoms with Gasteiger partial charge in [-0.25, -0.2) is 19.4 Å². The van der Waals surface area contributed by atoms with Gasteiger partial charge in [-0.15, -0.1) is 5.10 Å². The van der Waals surface area contributed by atoms with E-state index < -0.39 is 42.4 Å². The Balaban J connectivity index is 1.25. The zero-order chi connectivity index (χ0) is 36.3. The van der Waals surface area contributed by atoms with Crippen LogP contribution >= 0.6 is 0 Å². The Hall–Kier alpha value is -5.85. The number of carboxylic acid groups (broad SMARTS) is 3. The molecule has 0 radical (unpaired) electrons. The minimum atomic E-state index is -1.47. The van der Waals surface area contributed by atoms with Crippen LogP contribution in [0.25, 0.3) is 0 Å². The largest absolute Gasteiger partial charge is 0.481 e. The van der Waals surface area contributed by atoms with Gasteiger partial charge >= 0.3 is 23.9 Å². The van der Waals surface area contributed by atoms with Gasteiger partial charge in [0.05, 0.1) is 18.9 Å². The number of carbonyl (C=O) groups is 5. The molecule has 0 aliphatic carbocycles. The first kappa shape index (κ1) is 38.6. The van der Waals surface area contributed by atoms with Crippen LogP contribution < -0.4 is 26.4 Å². The summed E-state index contributed by atoms with van der Waals surface area (Å²) in [6, 6.07) is 5.46. The number of aliphatic carboxylic acids is 3. The summed E-state index contributed by atoms with van der Waals surface area (Å²) < 4.78 is 12.8. The van der Waals surface area contributed by atoms with Crippen LogP contribution in [-0.4, -0.2) is 95.4 Å². The number of carbonyl (C=O) groups excluding carboxylic acids is 2. The molecule has 270 valence electrons. The van der Waals surface area contributed by atoms with Crippen molar-refractivity contribution in [1.29, 1.82) is 0 Å². The third-order valence-corrected chi connectivity index (χ3v) is 7.09. The fourth-order valence-corrected chi connectivity index (χ4v) is 4.41. The summed E-state index contributed by atoms with van der Waals surface area (Å²) in [5.41, 5.74) is 8.09. The molecule has 0 fully saturated rings. The number of urea groups is 1. The fraction of sp³-hybridized carbons (Fsp3) is 0.452. The highest BCUT2D eigenvalue weighted by atomic mass is 16.5.